The molecule has 2 aromatic rings. The van der Waals surface area contributed by atoms with Crippen molar-refractivity contribution in [2.75, 3.05) is 6.54 Å². The predicted molar refractivity (Wildman–Crippen MR) is 122 cm³/mol. The van der Waals surface area contributed by atoms with Crippen molar-refractivity contribution in [3.05, 3.63) is 84.4 Å². The highest BCUT2D eigenvalue weighted by Crippen LogP contribution is 2.47. The van der Waals surface area contributed by atoms with Crippen LogP contribution in [0.2, 0.25) is 0 Å². The molecular weight excluding hydrogens is 448 g/mol. The number of hydrogen-bond acceptors (Lipinski definition) is 2. The fourth-order valence-electron chi connectivity index (χ4n) is 4.52. The van der Waals surface area contributed by atoms with Gasteiger partial charge in [0.2, 0.25) is 5.91 Å². The van der Waals surface area contributed by atoms with Crippen LogP contribution in [0.25, 0.3) is 0 Å². The first kappa shape index (κ1) is 25.5. The Hall–Kier alpha value is -3.16. The highest BCUT2D eigenvalue weighted by Gasteiger charge is 2.62. The minimum absolute atomic E-state index is 0.000276. The van der Waals surface area contributed by atoms with Crippen molar-refractivity contribution in [3.8, 4) is 0 Å². The van der Waals surface area contributed by atoms with E-state index < -0.39 is 54.4 Å². The third-order valence-electron chi connectivity index (χ3n) is 6.34. The van der Waals surface area contributed by atoms with Crippen molar-refractivity contribution < 1.29 is 27.2 Å². The molecule has 0 spiro atoms. The molecule has 182 valence electrons. The molecule has 1 N–H and O–H groups in total. The summed E-state index contributed by atoms with van der Waals surface area (Å²) in [5.74, 6) is -1.62. The lowest BCUT2D eigenvalue weighted by Crippen LogP contribution is -2.67. The van der Waals surface area contributed by atoms with Crippen molar-refractivity contribution >= 4 is 11.8 Å². The molecule has 34 heavy (non-hydrogen) atoms. The van der Waals surface area contributed by atoms with Crippen LogP contribution in [0.1, 0.15) is 29.3 Å². The number of rotatable bonds is 8. The van der Waals surface area contributed by atoms with Crippen molar-refractivity contribution in [2.45, 2.75) is 50.6 Å². The topological polar surface area (TPSA) is 49.4 Å². The van der Waals surface area contributed by atoms with E-state index in [1.807, 2.05) is 0 Å². The van der Waals surface area contributed by atoms with Crippen molar-refractivity contribution in [2.24, 2.45) is 5.41 Å². The summed E-state index contributed by atoms with van der Waals surface area (Å²) >= 11 is 0. The van der Waals surface area contributed by atoms with Crippen LogP contribution in [0.3, 0.4) is 0 Å². The summed E-state index contributed by atoms with van der Waals surface area (Å²) < 4.78 is 59.7. The average molecular weight is 477 g/mol. The maximum absolute atomic E-state index is 15.4. The molecule has 0 radical (unpaired) electrons. The maximum atomic E-state index is 15.4. The highest BCUT2D eigenvalue weighted by atomic mass is 19.2. The molecule has 0 bridgehead atoms. The minimum atomic E-state index is -2.52. The molecule has 8 heteroatoms. The molecule has 4 nitrogen and oxygen atoms in total. The van der Waals surface area contributed by atoms with Gasteiger partial charge < -0.3 is 10.2 Å². The summed E-state index contributed by atoms with van der Waals surface area (Å²) in [5.41, 5.74) is -1.62. The fourth-order valence-corrected chi connectivity index (χ4v) is 4.52. The van der Waals surface area contributed by atoms with E-state index in [0.29, 0.717) is 5.56 Å². The molecule has 0 aliphatic heterocycles. The Bertz CT molecular complexity index is 975. The van der Waals surface area contributed by atoms with Gasteiger partial charge in [0.15, 0.2) is 0 Å². The molecule has 1 unspecified atom stereocenters. The lowest BCUT2D eigenvalue weighted by Gasteiger charge is -2.49. The lowest BCUT2D eigenvalue weighted by molar-refractivity contribution is -0.152. The van der Waals surface area contributed by atoms with E-state index in [9.17, 15) is 18.4 Å². The van der Waals surface area contributed by atoms with Crippen LogP contribution in [0, 0.1) is 5.41 Å². The molecule has 2 aromatic carbocycles. The van der Waals surface area contributed by atoms with Crippen molar-refractivity contribution in [3.63, 3.8) is 0 Å². The van der Waals surface area contributed by atoms with Gasteiger partial charge in [0.05, 0.1) is 5.41 Å². The maximum Gasteiger partial charge on any atom is 0.254 e. The number of nitrogens with one attached hydrogen (secondary N) is 1. The Morgan fingerprint density at radius 1 is 1.03 bits per heavy atom. The van der Waals surface area contributed by atoms with E-state index in [-0.39, 0.29) is 18.7 Å². The molecule has 1 fully saturated rings. The first-order chi connectivity index (χ1) is 16.2. The fraction of sp³-hybridized carbons (Fsp3) is 0.385. The van der Waals surface area contributed by atoms with Crippen LogP contribution < -0.4 is 5.32 Å². The average Bonchev–Trinajstić information content (AvgIpc) is 2.85. The normalized spacial score (nSPS) is 27.4. The highest BCUT2D eigenvalue weighted by molar-refractivity contribution is 5.98. The standard InChI is InChI=1S/C26H28F4N2O2/c1-3-14-32(25(34)18-12-8-5-9-13-18)23(24(33)31-16-17-10-6-4-7-11-17)26(2)21(29)19(27)15-20(28)22(26)30/h3-13,19-23H,1,14-16H2,2H3,(H,31,33)/t19-,20+,21-,22+,23-,26?/m0/s1. The van der Waals surface area contributed by atoms with E-state index in [1.54, 1.807) is 48.5 Å². The van der Waals surface area contributed by atoms with Crippen LogP contribution in [-0.2, 0) is 11.3 Å². The van der Waals surface area contributed by atoms with E-state index in [4.69, 9.17) is 0 Å². The molecule has 0 heterocycles. The van der Waals surface area contributed by atoms with Gasteiger partial charge in [-0.05, 0) is 17.7 Å². The second kappa shape index (κ2) is 10.8. The van der Waals surface area contributed by atoms with Gasteiger partial charge in [-0.15, -0.1) is 6.58 Å². The zero-order valence-electron chi connectivity index (χ0n) is 18.8. The van der Waals surface area contributed by atoms with Gasteiger partial charge in [-0.25, -0.2) is 17.6 Å². The smallest absolute Gasteiger partial charge is 0.254 e. The lowest BCUT2D eigenvalue weighted by atomic mass is 9.65. The summed E-state index contributed by atoms with van der Waals surface area (Å²) in [6.45, 7) is 4.31. The second-order valence-corrected chi connectivity index (χ2v) is 8.66. The number of carbonyl (C=O) groups excluding carboxylic acids is 2. The van der Waals surface area contributed by atoms with E-state index in [0.717, 1.165) is 11.8 Å². The Balaban J connectivity index is 2.06. The van der Waals surface area contributed by atoms with Gasteiger partial charge in [-0.3, -0.25) is 9.59 Å². The molecule has 2 amide bonds. The Kier molecular flexibility index (Phi) is 8.12. The van der Waals surface area contributed by atoms with Crippen LogP contribution in [0.5, 0.6) is 0 Å². The molecule has 3 rings (SSSR count). The van der Waals surface area contributed by atoms with Crippen molar-refractivity contribution in [1.29, 1.82) is 0 Å². The van der Waals surface area contributed by atoms with Crippen LogP contribution in [0.15, 0.2) is 73.3 Å². The molecule has 1 saturated carbocycles. The quantitative estimate of drug-likeness (QED) is 0.441. The summed E-state index contributed by atoms with van der Waals surface area (Å²) in [7, 11) is 0. The number of amides is 2. The molecule has 0 aromatic heterocycles. The van der Waals surface area contributed by atoms with Gasteiger partial charge in [0.1, 0.15) is 30.7 Å². The van der Waals surface area contributed by atoms with Crippen LogP contribution in [-0.4, -0.2) is 54.0 Å². The van der Waals surface area contributed by atoms with E-state index in [1.165, 1.54) is 18.2 Å². The van der Waals surface area contributed by atoms with Gasteiger partial charge in [0.25, 0.3) is 5.91 Å². The van der Waals surface area contributed by atoms with Gasteiger partial charge in [-0.1, -0.05) is 61.5 Å². The van der Waals surface area contributed by atoms with Gasteiger partial charge in [-0.2, -0.15) is 0 Å². The third kappa shape index (κ3) is 5.00. The van der Waals surface area contributed by atoms with Crippen LogP contribution >= 0.6 is 0 Å². The van der Waals surface area contributed by atoms with Gasteiger partial charge in [0, 0.05) is 25.1 Å². The summed E-state index contributed by atoms with van der Waals surface area (Å²) in [6, 6.07) is 14.7. The summed E-state index contributed by atoms with van der Waals surface area (Å²) in [6.07, 6.45) is -9.34. The van der Waals surface area contributed by atoms with Crippen molar-refractivity contribution in [1.82, 2.24) is 10.2 Å². The number of halogens is 4. The van der Waals surface area contributed by atoms with E-state index >= 15 is 8.78 Å². The number of benzene rings is 2. The second-order valence-electron chi connectivity index (χ2n) is 8.66. The molecule has 6 atom stereocenters. The summed E-state index contributed by atoms with van der Waals surface area (Å²) in [5, 5.41) is 2.59. The first-order valence-corrected chi connectivity index (χ1v) is 11.1. The Morgan fingerprint density at radius 3 is 2.09 bits per heavy atom. The van der Waals surface area contributed by atoms with Gasteiger partial charge >= 0.3 is 0 Å². The zero-order valence-corrected chi connectivity index (χ0v) is 18.8. The molecular formula is C26H28F4N2O2. The third-order valence-corrected chi connectivity index (χ3v) is 6.34. The number of alkyl halides is 4. The Morgan fingerprint density at radius 2 is 1.56 bits per heavy atom. The number of carbonyl (C=O) groups is 2. The van der Waals surface area contributed by atoms with Crippen LogP contribution in [0.4, 0.5) is 17.6 Å². The largest absolute Gasteiger partial charge is 0.350 e. The first-order valence-electron chi connectivity index (χ1n) is 11.1. The number of hydrogen-bond donors (Lipinski definition) is 1. The zero-order chi connectivity index (χ0) is 24.9. The predicted octanol–water partition coefficient (Wildman–Crippen LogP) is 4.76. The van der Waals surface area contributed by atoms with E-state index in [2.05, 4.69) is 11.9 Å². The molecule has 1 aliphatic carbocycles. The minimum Gasteiger partial charge on any atom is -0.350 e. The molecule has 0 saturated heterocycles. The SMILES string of the molecule is C=CCN(C(=O)c1ccccc1)[C@@H](C(=O)NCc1ccccc1)C1(C)[C@H](F)[C@H](F)C[C@H](F)[C@@H]1F. The summed E-state index contributed by atoms with van der Waals surface area (Å²) in [4.78, 5) is 27.8. The molecule has 1 aliphatic rings. The monoisotopic (exact) mass is 476 g/mol. The number of nitrogens with zero attached hydrogens (tertiary/aromatic N) is 1. The Labute approximate surface area is 196 Å².